The maximum absolute atomic E-state index is 12.2. The lowest BCUT2D eigenvalue weighted by atomic mass is 9.76. The molecule has 0 radical (unpaired) electrons. The maximum atomic E-state index is 12.2. The molecule has 3 fully saturated rings. The number of hydrogen-bond donors (Lipinski definition) is 0. The fraction of sp³-hybridized carbons (Fsp3) is 0.929. The zero-order valence-corrected chi connectivity index (χ0v) is 10.5. The number of carbonyl (C=O) groups is 1. The second kappa shape index (κ2) is 4.69. The molecule has 0 N–H and O–H groups in total. The molecule has 2 aliphatic heterocycles. The lowest BCUT2D eigenvalue weighted by Crippen LogP contribution is -2.42. The number of ketones is 1. The van der Waals surface area contributed by atoms with Gasteiger partial charge in [0.25, 0.3) is 0 Å². The van der Waals surface area contributed by atoms with E-state index >= 15 is 0 Å². The van der Waals surface area contributed by atoms with Gasteiger partial charge < -0.3 is 9.47 Å². The van der Waals surface area contributed by atoms with Crippen molar-refractivity contribution in [2.45, 2.75) is 50.5 Å². The van der Waals surface area contributed by atoms with Crippen LogP contribution in [0.15, 0.2) is 0 Å². The monoisotopic (exact) mass is 238 g/mol. The van der Waals surface area contributed by atoms with E-state index in [1.807, 2.05) is 0 Å². The first-order valence-corrected chi connectivity index (χ1v) is 7.02. The van der Waals surface area contributed by atoms with Gasteiger partial charge in [-0.25, -0.2) is 0 Å². The largest absolute Gasteiger partial charge is 0.378 e. The summed E-state index contributed by atoms with van der Waals surface area (Å²) in [4.78, 5) is 12.2. The SMILES string of the molecule is O=C(CC1CCC1)C1CCOC2(CCOC2)C1. The fourth-order valence-corrected chi connectivity index (χ4v) is 3.31. The molecule has 3 aliphatic rings. The van der Waals surface area contributed by atoms with Crippen LogP contribution in [0.1, 0.15) is 44.9 Å². The van der Waals surface area contributed by atoms with E-state index in [1.165, 1.54) is 19.3 Å². The van der Waals surface area contributed by atoms with E-state index in [-0.39, 0.29) is 11.5 Å². The van der Waals surface area contributed by atoms with Crippen LogP contribution in [0.25, 0.3) is 0 Å². The Morgan fingerprint density at radius 1 is 1.24 bits per heavy atom. The van der Waals surface area contributed by atoms with Gasteiger partial charge in [-0.2, -0.15) is 0 Å². The number of rotatable bonds is 3. The van der Waals surface area contributed by atoms with Crippen molar-refractivity contribution >= 4 is 5.78 Å². The van der Waals surface area contributed by atoms with Gasteiger partial charge in [-0.3, -0.25) is 4.79 Å². The minimum absolute atomic E-state index is 0.113. The Balaban J connectivity index is 1.56. The van der Waals surface area contributed by atoms with Crippen molar-refractivity contribution in [1.82, 2.24) is 0 Å². The van der Waals surface area contributed by atoms with Crippen molar-refractivity contribution < 1.29 is 14.3 Å². The molecule has 2 heterocycles. The molecule has 3 rings (SSSR count). The van der Waals surface area contributed by atoms with Crippen LogP contribution in [-0.2, 0) is 14.3 Å². The average molecular weight is 238 g/mol. The van der Waals surface area contributed by atoms with E-state index in [9.17, 15) is 4.79 Å². The summed E-state index contributed by atoms with van der Waals surface area (Å²) < 4.78 is 11.3. The van der Waals surface area contributed by atoms with Gasteiger partial charge in [0, 0.05) is 32.0 Å². The standard InChI is InChI=1S/C14H22O3/c15-13(8-11-2-1-3-11)12-4-6-17-14(9-12)5-7-16-10-14/h11-12H,1-10H2. The van der Waals surface area contributed by atoms with Gasteiger partial charge in [0.15, 0.2) is 0 Å². The van der Waals surface area contributed by atoms with Crippen LogP contribution in [0.2, 0.25) is 0 Å². The second-order valence-electron chi connectivity index (χ2n) is 5.99. The summed E-state index contributed by atoms with van der Waals surface area (Å²) in [6.45, 7) is 2.23. The summed E-state index contributed by atoms with van der Waals surface area (Å²) in [5.74, 6) is 1.43. The summed E-state index contributed by atoms with van der Waals surface area (Å²) in [7, 11) is 0. The van der Waals surface area contributed by atoms with E-state index in [4.69, 9.17) is 9.47 Å². The number of Topliss-reactive ketones (excluding diaryl/α,β-unsaturated/α-hetero) is 1. The Hall–Kier alpha value is -0.410. The van der Waals surface area contributed by atoms with Gasteiger partial charge >= 0.3 is 0 Å². The molecule has 0 amide bonds. The second-order valence-corrected chi connectivity index (χ2v) is 5.99. The molecule has 0 bridgehead atoms. The molecule has 17 heavy (non-hydrogen) atoms. The number of hydrogen-bond acceptors (Lipinski definition) is 3. The molecule has 96 valence electrons. The van der Waals surface area contributed by atoms with Gasteiger partial charge in [-0.1, -0.05) is 19.3 Å². The molecule has 3 heteroatoms. The molecule has 0 aromatic heterocycles. The highest BCUT2D eigenvalue weighted by Gasteiger charge is 2.43. The van der Waals surface area contributed by atoms with Crippen LogP contribution in [0.4, 0.5) is 0 Å². The van der Waals surface area contributed by atoms with Crippen molar-refractivity contribution in [3.05, 3.63) is 0 Å². The molecule has 3 nitrogen and oxygen atoms in total. The minimum Gasteiger partial charge on any atom is -0.378 e. The predicted octanol–water partition coefficient (Wildman–Crippen LogP) is 2.33. The van der Waals surface area contributed by atoms with E-state index in [0.717, 1.165) is 38.9 Å². The van der Waals surface area contributed by atoms with E-state index in [2.05, 4.69) is 0 Å². The maximum Gasteiger partial charge on any atom is 0.136 e. The molecule has 1 spiro atoms. The van der Waals surface area contributed by atoms with Crippen LogP contribution >= 0.6 is 0 Å². The van der Waals surface area contributed by atoms with Gasteiger partial charge in [0.1, 0.15) is 5.78 Å². The Bertz CT molecular complexity index is 290. The highest BCUT2D eigenvalue weighted by molar-refractivity contribution is 5.81. The Kier molecular flexibility index (Phi) is 3.22. The average Bonchev–Trinajstić information content (AvgIpc) is 2.71. The topological polar surface area (TPSA) is 35.5 Å². The van der Waals surface area contributed by atoms with Crippen LogP contribution in [0, 0.1) is 11.8 Å². The van der Waals surface area contributed by atoms with Crippen molar-refractivity contribution in [2.75, 3.05) is 19.8 Å². The van der Waals surface area contributed by atoms with E-state index < -0.39 is 0 Å². The van der Waals surface area contributed by atoms with Gasteiger partial charge in [-0.05, 0) is 18.8 Å². The highest BCUT2D eigenvalue weighted by Crippen LogP contribution is 2.38. The first-order chi connectivity index (χ1) is 8.27. The lowest BCUT2D eigenvalue weighted by molar-refractivity contribution is -0.138. The summed E-state index contributed by atoms with van der Waals surface area (Å²) in [6, 6.07) is 0. The predicted molar refractivity (Wildman–Crippen MR) is 63.8 cm³/mol. The Labute approximate surface area is 103 Å². The van der Waals surface area contributed by atoms with Crippen molar-refractivity contribution in [3.63, 3.8) is 0 Å². The normalized spacial score (nSPS) is 38.2. The van der Waals surface area contributed by atoms with Crippen LogP contribution in [0.3, 0.4) is 0 Å². The first kappa shape index (κ1) is 11.7. The summed E-state index contributed by atoms with van der Waals surface area (Å²) in [6.07, 6.45) is 7.48. The van der Waals surface area contributed by atoms with Crippen LogP contribution in [0.5, 0.6) is 0 Å². The van der Waals surface area contributed by atoms with Crippen molar-refractivity contribution in [2.24, 2.45) is 11.8 Å². The molecule has 2 unspecified atom stereocenters. The quantitative estimate of drug-likeness (QED) is 0.757. The molecule has 0 aromatic rings. The molecule has 0 aromatic carbocycles. The summed E-state index contributed by atoms with van der Waals surface area (Å²) in [5.41, 5.74) is -0.113. The number of carbonyl (C=O) groups excluding carboxylic acids is 1. The third-order valence-corrected chi connectivity index (χ3v) is 4.73. The van der Waals surface area contributed by atoms with E-state index in [0.29, 0.717) is 18.3 Å². The third-order valence-electron chi connectivity index (χ3n) is 4.73. The van der Waals surface area contributed by atoms with Gasteiger partial charge in [-0.15, -0.1) is 0 Å². The zero-order valence-electron chi connectivity index (χ0n) is 10.5. The summed E-state index contributed by atoms with van der Waals surface area (Å²) in [5, 5.41) is 0. The Morgan fingerprint density at radius 3 is 2.76 bits per heavy atom. The molecular weight excluding hydrogens is 216 g/mol. The Morgan fingerprint density at radius 2 is 2.12 bits per heavy atom. The number of ether oxygens (including phenoxy) is 2. The molecular formula is C14H22O3. The zero-order chi connectivity index (χ0) is 11.7. The van der Waals surface area contributed by atoms with Gasteiger partial charge in [0.05, 0.1) is 12.2 Å². The fourth-order valence-electron chi connectivity index (χ4n) is 3.31. The van der Waals surface area contributed by atoms with Crippen molar-refractivity contribution in [1.29, 1.82) is 0 Å². The summed E-state index contributed by atoms with van der Waals surface area (Å²) >= 11 is 0. The smallest absolute Gasteiger partial charge is 0.136 e. The lowest BCUT2D eigenvalue weighted by Gasteiger charge is -2.37. The minimum atomic E-state index is -0.113. The molecule has 1 saturated carbocycles. The highest BCUT2D eigenvalue weighted by atomic mass is 16.6. The molecule has 1 aliphatic carbocycles. The van der Waals surface area contributed by atoms with Crippen LogP contribution < -0.4 is 0 Å². The molecule has 2 atom stereocenters. The van der Waals surface area contributed by atoms with E-state index in [1.54, 1.807) is 0 Å². The van der Waals surface area contributed by atoms with Crippen LogP contribution in [-0.4, -0.2) is 31.2 Å². The van der Waals surface area contributed by atoms with Crippen molar-refractivity contribution in [3.8, 4) is 0 Å². The van der Waals surface area contributed by atoms with Gasteiger partial charge in [0.2, 0.25) is 0 Å². The third kappa shape index (κ3) is 2.41. The molecule has 2 saturated heterocycles. The first-order valence-electron chi connectivity index (χ1n) is 7.02.